The van der Waals surface area contributed by atoms with Crippen LogP contribution >= 0.6 is 0 Å². The molecule has 0 aliphatic rings. The minimum atomic E-state index is -0.0758. The van der Waals surface area contributed by atoms with E-state index < -0.39 is 0 Å². The SMILES string of the molecule is CCNC(=NCc1cccc(C(=O)NC)c1)NC(C)CCC(C)C. The summed E-state index contributed by atoms with van der Waals surface area (Å²) in [7, 11) is 1.64. The van der Waals surface area contributed by atoms with E-state index in [1.807, 2.05) is 24.3 Å². The van der Waals surface area contributed by atoms with E-state index in [1.165, 1.54) is 6.42 Å². The third-order valence-corrected chi connectivity index (χ3v) is 3.74. The first-order valence-corrected chi connectivity index (χ1v) is 8.82. The average molecular weight is 332 g/mol. The third kappa shape index (κ3) is 7.49. The minimum absolute atomic E-state index is 0.0758. The van der Waals surface area contributed by atoms with Crippen LogP contribution in [0.1, 0.15) is 56.5 Å². The Morgan fingerprint density at radius 2 is 1.96 bits per heavy atom. The number of rotatable bonds is 8. The van der Waals surface area contributed by atoms with Crippen LogP contribution in [0.15, 0.2) is 29.3 Å². The van der Waals surface area contributed by atoms with Crippen LogP contribution in [0.3, 0.4) is 0 Å². The van der Waals surface area contributed by atoms with E-state index in [0.29, 0.717) is 24.1 Å². The lowest BCUT2D eigenvalue weighted by Gasteiger charge is -2.18. The summed E-state index contributed by atoms with van der Waals surface area (Å²) in [6.07, 6.45) is 2.32. The second kappa shape index (κ2) is 10.7. The van der Waals surface area contributed by atoms with E-state index in [-0.39, 0.29) is 5.91 Å². The molecule has 0 heterocycles. The zero-order valence-corrected chi connectivity index (χ0v) is 15.6. The van der Waals surface area contributed by atoms with Gasteiger partial charge in [0.25, 0.3) is 5.91 Å². The van der Waals surface area contributed by atoms with Crippen LogP contribution in [-0.2, 0) is 6.54 Å². The van der Waals surface area contributed by atoms with Crippen LogP contribution in [0.2, 0.25) is 0 Å². The van der Waals surface area contributed by atoms with E-state index in [4.69, 9.17) is 0 Å². The molecule has 1 atom stereocenters. The molecule has 1 rings (SSSR count). The molecule has 0 aromatic heterocycles. The smallest absolute Gasteiger partial charge is 0.251 e. The second-order valence-corrected chi connectivity index (χ2v) is 6.49. The molecule has 134 valence electrons. The van der Waals surface area contributed by atoms with Gasteiger partial charge >= 0.3 is 0 Å². The number of amides is 1. The Morgan fingerprint density at radius 1 is 1.21 bits per heavy atom. The molecule has 1 unspecified atom stereocenters. The molecule has 0 spiro atoms. The lowest BCUT2D eigenvalue weighted by Crippen LogP contribution is -2.42. The maximum atomic E-state index is 11.7. The summed E-state index contributed by atoms with van der Waals surface area (Å²) >= 11 is 0. The maximum absolute atomic E-state index is 11.7. The predicted octanol–water partition coefficient (Wildman–Crippen LogP) is 2.93. The molecule has 0 aliphatic heterocycles. The van der Waals surface area contributed by atoms with E-state index in [1.54, 1.807) is 7.05 Å². The molecule has 1 aromatic rings. The molecule has 3 N–H and O–H groups in total. The van der Waals surface area contributed by atoms with Crippen LogP contribution in [0.4, 0.5) is 0 Å². The molecule has 1 aromatic carbocycles. The van der Waals surface area contributed by atoms with Crippen molar-refractivity contribution in [3.8, 4) is 0 Å². The molecule has 5 nitrogen and oxygen atoms in total. The normalized spacial score (nSPS) is 12.8. The van der Waals surface area contributed by atoms with Crippen molar-refractivity contribution >= 4 is 11.9 Å². The van der Waals surface area contributed by atoms with Gasteiger partial charge in [-0.2, -0.15) is 0 Å². The van der Waals surface area contributed by atoms with Crippen molar-refractivity contribution in [3.63, 3.8) is 0 Å². The predicted molar refractivity (Wildman–Crippen MR) is 101 cm³/mol. The zero-order chi connectivity index (χ0) is 17.9. The van der Waals surface area contributed by atoms with Crippen molar-refractivity contribution in [1.29, 1.82) is 0 Å². The monoisotopic (exact) mass is 332 g/mol. The van der Waals surface area contributed by atoms with E-state index in [0.717, 1.165) is 24.5 Å². The number of guanidine groups is 1. The standard InChI is InChI=1S/C19H32N4O/c1-6-21-19(23-15(4)11-10-14(2)3)22-13-16-8-7-9-17(12-16)18(24)20-5/h7-9,12,14-15H,6,10-11,13H2,1-5H3,(H,20,24)(H2,21,22,23). The fourth-order valence-corrected chi connectivity index (χ4v) is 2.33. The molecule has 5 heteroatoms. The van der Waals surface area contributed by atoms with Crippen LogP contribution in [-0.4, -0.2) is 31.5 Å². The maximum Gasteiger partial charge on any atom is 0.251 e. The van der Waals surface area contributed by atoms with Gasteiger partial charge in [0.15, 0.2) is 5.96 Å². The Hall–Kier alpha value is -2.04. The van der Waals surface area contributed by atoms with Crippen molar-refractivity contribution < 1.29 is 4.79 Å². The number of aliphatic imine (C=N–C) groups is 1. The Kier molecular flexibility index (Phi) is 8.90. The summed E-state index contributed by atoms with van der Waals surface area (Å²) < 4.78 is 0. The van der Waals surface area contributed by atoms with Gasteiger partial charge in [0.1, 0.15) is 0 Å². The molecule has 24 heavy (non-hydrogen) atoms. The number of nitrogens with one attached hydrogen (secondary N) is 3. The van der Waals surface area contributed by atoms with Gasteiger partial charge in [-0.15, -0.1) is 0 Å². The summed E-state index contributed by atoms with van der Waals surface area (Å²) in [6.45, 7) is 10.1. The van der Waals surface area contributed by atoms with Crippen LogP contribution in [0.5, 0.6) is 0 Å². The molecule has 1 amide bonds. The first-order valence-electron chi connectivity index (χ1n) is 8.82. The molecule has 0 aliphatic carbocycles. The Labute approximate surface area is 146 Å². The van der Waals surface area contributed by atoms with Gasteiger partial charge in [-0.05, 0) is 50.3 Å². The van der Waals surface area contributed by atoms with Gasteiger partial charge in [0, 0.05) is 25.2 Å². The summed E-state index contributed by atoms with van der Waals surface area (Å²) in [6, 6.07) is 7.95. The van der Waals surface area contributed by atoms with Crippen molar-refractivity contribution in [2.24, 2.45) is 10.9 Å². The largest absolute Gasteiger partial charge is 0.357 e. The van der Waals surface area contributed by atoms with Crippen molar-refractivity contribution in [2.75, 3.05) is 13.6 Å². The molecule has 0 radical (unpaired) electrons. The van der Waals surface area contributed by atoms with Crippen LogP contribution in [0, 0.1) is 5.92 Å². The van der Waals surface area contributed by atoms with Gasteiger partial charge in [-0.1, -0.05) is 26.0 Å². The van der Waals surface area contributed by atoms with Crippen molar-refractivity contribution in [2.45, 2.75) is 53.1 Å². The number of carbonyl (C=O) groups is 1. The molecule has 0 fully saturated rings. The Balaban J connectivity index is 2.70. The first kappa shape index (κ1) is 20.0. The quantitative estimate of drug-likeness (QED) is 0.506. The topological polar surface area (TPSA) is 65.5 Å². The molecular formula is C19H32N4O. The molecule has 0 bridgehead atoms. The number of benzene rings is 1. The molecule has 0 saturated carbocycles. The van der Waals surface area contributed by atoms with Crippen LogP contribution in [0.25, 0.3) is 0 Å². The second-order valence-electron chi connectivity index (χ2n) is 6.49. The van der Waals surface area contributed by atoms with E-state index in [9.17, 15) is 4.79 Å². The lowest BCUT2D eigenvalue weighted by molar-refractivity contribution is 0.0963. The zero-order valence-electron chi connectivity index (χ0n) is 15.6. The highest BCUT2D eigenvalue weighted by molar-refractivity contribution is 5.94. The lowest BCUT2D eigenvalue weighted by atomic mass is 10.0. The first-order chi connectivity index (χ1) is 11.5. The van der Waals surface area contributed by atoms with Gasteiger partial charge in [-0.25, -0.2) is 4.99 Å². The van der Waals surface area contributed by atoms with Gasteiger partial charge in [0.05, 0.1) is 6.54 Å². The average Bonchev–Trinajstić information content (AvgIpc) is 2.57. The fraction of sp³-hybridized carbons (Fsp3) is 0.579. The van der Waals surface area contributed by atoms with Crippen LogP contribution < -0.4 is 16.0 Å². The summed E-state index contributed by atoms with van der Waals surface area (Å²) in [5.41, 5.74) is 1.68. The highest BCUT2D eigenvalue weighted by atomic mass is 16.1. The summed E-state index contributed by atoms with van der Waals surface area (Å²) in [4.78, 5) is 16.3. The highest BCUT2D eigenvalue weighted by Gasteiger charge is 2.07. The van der Waals surface area contributed by atoms with E-state index >= 15 is 0 Å². The van der Waals surface area contributed by atoms with Gasteiger partial charge in [-0.3, -0.25) is 4.79 Å². The Morgan fingerprint density at radius 3 is 2.58 bits per heavy atom. The van der Waals surface area contributed by atoms with Crippen molar-refractivity contribution in [1.82, 2.24) is 16.0 Å². The Bertz CT molecular complexity index is 540. The fourth-order valence-electron chi connectivity index (χ4n) is 2.33. The third-order valence-electron chi connectivity index (χ3n) is 3.74. The highest BCUT2D eigenvalue weighted by Crippen LogP contribution is 2.08. The minimum Gasteiger partial charge on any atom is -0.357 e. The van der Waals surface area contributed by atoms with Gasteiger partial charge < -0.3 is 16.0 Å². The van der Waals surface area contributed by atoms with Gasteiger partial charge in [0.2, 0.25) is 0 Å². The molecular weight excluding hydrogens is 300 g/mol. The number of hydrogen-bond donors (Lipinski definition) is 3. The summed E-state index contributed by atoms with van der Waals surface area (Å²) in [5.74, 6) is 1.45. The number of carbonyl (C=O) groups excluding carboxylic acids is 1. The van der Waals surface area contributed by atoms with Crippen molar-refractivity contribution in [3.05, 3.63) is 35.4 Å². The van der Waals surface area contributed by atoms with E-state index in [2.05, 4.69) is 48.6 Å². The summed E-state index contributed by atoms with van der Waals surface area (Å²) in [5, 5.41) is 9.37. The number of hydrogen-bond acceptors (Lipinski definition) is 2. The number of nitrogens with zero attached hydrogens (tertiary/aromatic N) is 1. The molecule has 0 saturated heterocycles.